The van der Waals surface area contributed by atoms with Gasteiger partial charge in [-0.1, -0.05) is 44.2 Å². The molecule has 436 valence electrons. The molecule has 78 heavy (non-hydrogen) atoms. The molecule has 0 aliphatic heterocycles. The number of rotatable bonds is 38. The largest absolute Gasteiger partial charge is 0.481 e. The Morgan fingerprint density at radius 2 is 1.04 bits per heavy atom. The molecular formula is C47H75N13O18. The summed E-state index contributed by atoms with van der Waals surface area (Å²) in [6.07, 6.45) is -4.46. The van der Waals surface area contributed by atoms with Gasteiger partial charge < -0.3 is 96.3 Å². The molecule has 31 heteroatoms. The summed E-state index contributed by atoms with van der Waals surface area (Å²) in [5.41, 5.74) is 22.0. The molecule has 0 fully saturated rings. The number of aliphatic carboxylic acids is 2. The van der Waals surface area contributed by atoms with Crippen LogP contribution in [-0.4, -0.2) is 189 Å². The predicted octanol–water partition coefficient (Wildman–Crippen LogP) is -7.82. The van der Waals surface area contributed by atoms with Crippen LogP contribution >= 0.6 is 0 Å². The van der Waals surface area contributed by atoms with Crippen LogP contribution in [0.2, 0.25) is 0 Å². The second-order valence-electron chi connectivity index (χ2n) is 18.5. The molecule has 0 unspecified atom stereocenters. The van der Waals surface area contributed by atoms with E-state index in [9.17, 15) is 87.9 Å². The fourth-order valence-electron chi connectivity index (χ4n) is 7.11. The number of carbonyl (C=O) groups excluding carboxylic acids is 11. The van der Waals surface area contributed by atoms with E-state index in [1.165, 1.54) is 0 Å². The van der Waals surface area contributed by atoms with Gasteiger partial charge in [-0.2, -0.15) is 0 Å². The lowest BCUT2D eigenvalue weighted by Crippen LogP contribution is -2.61. The molecule has 0 saturated carbocycles. The molecule has 1 aromatic rings. The Balaban J connectivity index is 3.35. The van der Waals surface area contributed by atoms with E-state index in [0.717, 1.165) is 6.92 Å². The van der Waals surface area contributed by atoms with Gasteiger partial charge in [0.1, 0.15) is 54.4 Å². The third-order valence-corrected chi connectivity index (χ3v) is 11.3. The minimum Gasteiger partial charge on any atom is -0.481 e. The van der Waals surface area contributed by atoms with E-state index in [0.29, 0.717) is 12.0 Å². The first kappa shape index (κ1) is 68.1. The van der Waals surface area contributed by atoms with Crippen LogP contribution in [0.15, 0.2) is 30.3 Å². The number of hydrogen-bond donors (Lipinski definition) is 18. The number of unbranched alkanes of at least 4 members (excludes halogenated alkanes) is 1. The maximum atomic E-state index is 14.0. The fourth-order valence-corrected chi connectivity index (χ4v) is 7.11. The average Bonchev–Trinajstić information content (AvgIpc) is 3.37. The van der Waals surface area contributed by atoms with E-state index in [2.05, 4.69) is 47.9 Å². The topological polar surface area (TPSA) is 535 Å². The highest BCUT2D eigenvalue weighted by molar-refractivity contribution is 5.99. The van der Waals surface area contributed by atoms with E-state index in [4.69, 9.17) is 22.9 Å². The highest BCUT2D eigenvalue weighted by Crippen LogP contribution is 2.10. The number of carbonyl (C=O) groups is 13. The van der Waals surface area contributed by atoms with E-state index in [1.807, 2.05) is 0 Å². The number of hydrogen-bond acceptors (Lipinski definition) is 18. The summed E-state index contributed by atoms with van der Waals surface area (Å²) in [7, 11) is 0. The molecule has 0 aromatic heterocycles. The Bertz CT molecular complexity index is 2240. The van der Waals surface area contributed by atoms with E-state index >= 15 is 0 Å². The average molecular weight is 1110 g/mol. The van der Waals surface area contributed by atoms with Crippen molar-refractivity contribution in [2.75, 3.05) is 26.3 Å². The van der Waals surface area contributed by atoms with Crippen molar-refractivity contribution >= 4 is 76.9 Å². The van der Waals surface area contributed by atoms with Gasteiger partial charge in [0, 0.05) is 19.3 Å². The molecule has 0 saturated heterocycles. The van der Waals surface area contributed by atoms with Gasteiger partial charge in [-0.25, -0.2) is 4.79 Å². The van der Waals surface area contributed by atoms with Crippen LogP contribution in [-0.2, 0) is 68.7 Å². The summed E-state index contributed by atoms with van der Waals surface area (Å²) in [5.74, 6) is -15.0. The molecule has 10 atom stereocenters. The van der Waals surface area contributed by atoms with Gasteiger partial charge in [0.25, 0.3) is 0 Å². The van der Waals surface area contributed by atoms with Crippen LogP contribution in [0, 0.1) is 5.92 Å². The van der Waals surface area contributed by atoms with Gasteiger partial charge in [-0.3, -0.25) is 57.5 Å². The lowest BCUT2D eigenvalue weighted by molar-refractivity contribution is -0.142. The van der Waals surface area contributed by atoms with Crippen molar-refractivity contribution in [2.24, 2.45) is 28.9 Å². The summed E-state index contributed by atoms with van der Waals surface area (Å²) >= 11 is 0. The molecule has 31 nitrogen and oxygen atoms in total. The molecule has 1 rings (SSSR count). The van der Waals surface area contributed by atoms with Crippen molar-refractivity contribution in [3.8, 4) is 0 Å². The highest BCUT2D eigenvalue weighted by Gasteiger charge is 2.36. The van der Waals surface area contributed by atoms with E-state index < -0.39 is 183 Å². The Kier molecular flexibility index (Phi) is 31.0. The molecular weight excluding hydrogens is 1030 g/mol. The number of benzene rings is 1. The highest BCUT2D eigenvalue weighted by atomic mass is 16.4. The summed E-state index contributed by atoms with van der Waals surface area (Å²) < 4.78 is 0. The Morgan fingerprint density at radius 1 is 0.538 bits per heavy atom. The van der Waals surface area contributed by atoms with Crippen LogP contribution in [0.3, 0.4) is 0 Å². The van der Waals surface area contributed by atoms with Crippen molar-refractivity contribution in [3.05, 3.63) is 35.9 Å². The molecule has 0 radical (unpaired) electrons. The van der Waals surface area contributed by atoms with Crippen molar-refractivity contribution in [1.29, 1.82) is 0 Å². The first-order valence-corrected chi connectivity index (χ1v) is 24.7. The standard InChI is InChI=1S/C47H75N13O18/c1-23(2)17-30(56-39(69)26(49)21-61)42(72)53-27(12-14-34(50)64)40(70)52-20-36(66)60-38(24(3)63)46(76)59-33(22-62)45(75)57-31(18-25-9-5-4-6-10-25)43(73)54-28(13-15-37(67)68)41(71)58-32(19-35(51)65)44(74)55-29(47(77)78)11-7-8-16-48/h4-6,9-10,23-24,26-33,38,61-63H,7-8,11-22,48-49H2,1-3H3,(H2,50,64)(H2,51,65)(H,52,70)(H,53,72)(H,54,73)(H,55,74)(H,56,69)(H,57,75)(H,58,71)(H,59,76)(H,60,66)(H,67,68)(H,77,78)/t24-,26+,27+,28+,29+,30+,31+,32+,33+,38+/m1/s1. The van der Waals surface area contributed by atoms with Crippen LogP contribution < -0.4 is 70.8 Å². The Labute approximate surface area is 448 Å². The summed E-state index contributed by atoms with van der Waals surface area (Å²) in [6.45, 7) is 1.93. The number of carboxylic acid groups (broad SMARTS) is 2. The van der Waals surface area contributed by atoms with Gasteiger partial charge in [0.2, 0.25) is 65.0 Å². The molecule has 11 amide bonds. The van der Waals surface area contributed by atoms with Crippen molar-refractivity contribution in [1.82, 2.24) is 47.9 Å². The number of nitrogens with two attached hydrogens (primary N) is 4. The molecule has 0 bridgehead atoms. The van der Waals surface area contributed by atoms with E-state index in [-0.39, 0.29) is 44.6 Å². The Morgan fingerprint density at radius 3 is 1.56 bits per heavy atom. The van der Waals surface area contributed by atoms with Crippen molar-refractivity contribution in [2.45, 2.75) is 145 Å². The summed E-state index contributed by atoms with van der Waals surface area (Å²) in [4.78, 5) is 168. The second-order valence-corrected chi connectivity index (χ2v) is 18.5. The van der Waals surface area contributed by atoms with Gasteiger partial charge in [0.05, 0.1) is 32.3 Å². The van der Waals surface area contributed by atoms with Crippen LogP contribution in [0.1, 0.15) is 84.1 Å². The quantitative estimate of drug-likeness (QED) is 0.0274. The number of nitrogens with one attached hydrogen (secondary N) is 9. The molecule has 0 heterocycles. The maximum Gasteiger partial charge on any atom is 0.326 e. The van der Waals surface area contributed by atoms with Crippen LogP contribution in [0.5, 0.6) is 0 Å². The zero-order valence-corrected chi connectivity index (χ0v) is 43.5. The van der Waals surface area contributed by atoms with Crippen molar-refractivity contribution < 1.29 is 87.9 Å². The molecule has 0 aliphatic carbocycles. The Hall–Kier alpha value is -7.87. The lowest BCUT2D eigenvalue weighted by atomic mass is 10.0. The summed E-state index contributed by atoms with van der Waals surface area (Å²) in [5, 5.41) is 69.5. The van der Waals surface area contributed by atoms with Crippen LogP contribution in [0.4, 0.5) is 0 Å². The maximum absolute atomic E-state index is 14.0. The lowest BCUT2D eigenvalue weighted by Gasteiger charge is -2.27. The smallest absolute Gasteiger partial charge is 0.326 e. The fraction of sp³-hybridized carbons (Fsp3) is 0.596. The first-order chi connectivity index (χ1) is 36.6. The molecule has 0 spiro atoms. The van der Waals surface area contributed by atoms with Gasteiger partial charge >= 0.3 is 11.9 Å². The number of aliphatic hydroxyl groups excluding tert-OH is 3. The predicted molar refractivity (Wildman–Crippen MR) is 272 cm³/mol. The minimum absolute atomic E-state index is 0.0497. The SMILES string of the molecule is CC(C)C[C@H](NC(=O)[C@@H](N)CO)C(=O)N[C@@H](CCC(N)=O)C(=O)NCC(=O)N[C@H](C(=O)N[C@@H](CO)C(=O)N[C@@H](Cc1ccccc1)C(=O)N[C@@H](CCC(=O)O)C(=O)N[C@@H](CC(N)=O)C(=O)N[C@@H](CCCCN)C(=O)O)[C@@H](C)O. The van der Waals surface area contributed by atoms with Gasteiger partial charge in [-0.15, -0.1) is 0 Å². The molecule has 0 aliphatic rings. The number of carboxylic acids is 2. The number of amides is 11. The third-order valence-electron chi connectivity index (χ3n) is 11.3. The second kappa shape index (κ2) is 35.5. The molecule has 1 aromatic carbocycles. The van der Waals surface area contributed by atoms with Crippen molar-refractivity contribution in [3.63, 3.8) is 0 Å². The zero-order chi connectivity index (χ0) is 59.2. The zero-order valence-electron chi connectivity index (χ0n) is 43.5. The minimum atomic E-state index is -1.93. The summed E-state index contributed by atoms with van der Waals surface area (Å²) in [6, 6.07) is -6.91. The monoisotopic (exact) mass is 1110 g/mol. The van der Waals surface area contributed by atoms with Gasteiger partial charge in [0.15, 0.2) is 0 Å². The number of primary amides is 2. The van der Waals surface area contributed by atoms with Gasteiger partial charge in [-0.05, 0) is 63.5 Å². The normalized spacial score (nSPS) is 14.8. The van der Waals surface area contributed by atoms with E-state index in [1.54, 1.807) is 44.2 Å². The molecule has 22 N–H and O–H groups in total. The third kappa shape index (κ3) is 26.3. The number of aliphatic hydroxyl groups is 3. The first-order valence-electron chi connectivity index (χ1n) is 24.7. The van der Waals surface area contributed by atoms with Crippen LogP contribution in [0.25, 0.3) is 0 Å².